The summed E-state index contributed by atoms with van der Waals surface area (Å²) in [5.41, 5.74) is 22.2. The van der Waals surface area contributed by atoms with Crippen molar-refractivity contribution in [3.63, 3.8) is 0 Å². The average molecular weight is 1100 g/mol. The van der Waals surface area contributed by atoms with Gasteiger partial charge in [0.25, 0.3) is 0 Å². The lowest BCUT2D eigenvalue weighted by molar-refractivity contribution is 0.532. The number of rotatable bonds is 21. The maximum atomic E-state index is 5.57. The second-order valence-electron chi connectivity index (χ2n) is 21.5. The molecular formula is C82H72N2O. The molecule has 85 heavy (non-hydrogen) atoms. The molecule has 0 unspecified atom stereocenters. The Bertz CT molecular complexity index is 3990. The Labute approximate surface area is 503 Å². The zero-order valence-corrected chi connectivity index (χ0v) is 48.7. The van der Waals surface area contributed by atoms with Gasteiger partial charge < -0.3 is 4.42 Å². The summed E-state index contributed by atoms with van der Waals surface area (Å²) in [6.07, 6.45) is 32.5. The van der Waals surface area contributed by atoms with Gasteiger partial charge in [-0.2, -0.15) is 0 Å². The van der Waals surface area contributed by atoms with Gasteiger partial charge >= 0.3 is 0 Å². The Morgan fingerprint density at radius 1 is 0.259 bits per heavy atom. The smallest absolute Gasteiger partial charge is 0.247 e. The lowest BCUT2D eigenvalue weighted by Gasteiger charge is -2.05. The zero-order chi connectivity index (χ0) is 58.1. The van der Waals surface area contributed by atoms with Crippen molar-refractivity contribution in [2.45, 2.75) is 52.4 Å². The van der Waals surface area contributed by atoms with Gasteiger partial charge in [0.2, 0.25) is 11.8 Å². The summed E-state index contributed by atoms with van der Waals surface area (Å²) in [4.78, 5) is 0. The van der Waals surface area contributed by atoms with Crippen LogP contribution in [0.25, 0.3) is 84.4 Å². The number of aryl methyl sites for hydroxylation is 6. The third-order valence-corrected chi connectivity index (χ3v) is 14.8. The standard InChI is InChI=1S/C42H36N2O.C40H36/c1-32-43-44-42(45-32)41-12-6-11-40(31-41)10-5-9-34-14-17-36(18-15-34)21-24-38-26-29-39(30-27-38)28-25-37-22-19-35(20-23-37)16-13-33-7-3-2-4-8-33;1-32-7-5-11-40(31-32)12-6-10-34-14-17-36(18-15-34)21-24-38-26-29-39(30-27-38)28-25-37-22-19-35(20-23-37)16-13-33-8-3-2-4-9-33/h2-4,6-8,11-31H,5,9-10H2,1H3;2-5,7-9,11,13-31H,6,10,12H2,1H3/b2*16-13+,24-21+,28-25+. The molecule has 10 aromatic carbocycles. The van der Waals surface area contributed by atoms with Gasteiger partial charge in [-0.05, 0) is 147 Å². The molecule has 0 N–H and O–H groups in total. The van der Waals surface area contributed by atoms with Crippen LogP contribution < -0.4 is 0 Å². The molecule has 0 bridgehead atoms. The van der Waals surface area contributed by atoms with E-state index in [0.717, 1.165) is 37.7 Å². The minimum Gasteiger partial charge on any atom is -0.421 e. The predicted octanol–water partition coefficient (Wildman–Crippen LogP) is 21.4. The fraction of sp³-hybridized carbons (Fsp3) is 0.0976. The summed E-state index contributed by atoms with van der Waals surface area (Å²) in [6, 6.07) is 90.4. The number of hydrogen-bond acceptors (Lipinski definition) is 3. The van der Waals surface area contributed by atoms with E-state index in [9.17, 15) is 0 Å². The quantitative estimate of drug-likeness (QED) is 0.0673. The molecule has 3 nitrogen and oxygen atoms in total. The zero-order valence-electron chi connectivity index (χ0n) is 48.7. The first kappa shape index (κ1) is 58.0. The van der Waals surface area contributed by atoms with Crippen LogP contribution in [-0.4, -0.2) is 10.2 Å². The average Bonchev–Trinajstić information content (AvgIpc) is 4.04. The molecule has 0 spiro atoms. The minimum atomic E-state index is 0.580. The second kappa shape index (κ2) is 30.7. The number of benzene rings is 10. The van der Waals surface area contributed by atoms with E-state index < -0.39 is 0 Å². The fourth-order valence-electron chi connectivity index (χ4n) is 9.88. The maximum Gasteiger partial charge on any atom is 0.247 e. The van der Waals surface area contributed by atoms with E-state index in [-0.39, 0.29) is 0 Å². The molecule has 0 atom stereocenters. The number of nitrogens with zero attached hydrogens (tertiary/aromatic N) is 2. The van der Waals surface area contributed by atoms with Crippen molar-refractivity contribution >= 4 is 72.9 Å². The lowest BCUT2D eigenvalue weighted by Crippen LogP contribution is -1.91. The van der Waals surface area contributed by atoms with Crippen LogP contribution >= 0.6 is 0 Å². The summed E-state index contributed by atoms with van der Waals surface area (Å²) in [5, 5.41) is 8.07. The van der Waals surface area contributed by atoms with Crippen molar-refractivity contribution in [1.82, 2.24) is 10.2 Å². The highest BCUT2D eigenvalue weighted by molar-refractivity contribution is 5.77. The summed E-state index contributed by atoms with van der Waals surface area (Å²) in [7, 11) is 0. The molecule has 0 saturated heterocycles. The van der Waals surface area contributed by atoms with E-state index in [1.165, 1.54) is 101 Å². The van der Waals surface area contributed by atoms with Crippen molar-refractivity contribution in [2.75, 3.05) is 0 Å². The van der Waals surface area contributed by atoms with Crippen molar-refractivity contribution in [3.05, 3.63) is 355 Å². The highest BCUT2D eigenvalue weighted by Gasteiger charge is 2.07. The number of hydrogen-bond donors (Lipinski definition) is 0. The van der Waals surface area contributed by atoms with E-state index >= 15 is 0 Å². The Kier molecular flexibility index (Phi) is 21.0. The van der Waals surface area contributed by atoms with Crippen molar-refractivity contribution < 1.29 is 4.42 Å². The molecule has 11 aromatic rings. The van der Waals surface area contributed by atoms with Crippen LogP contribution in [0.5, 0.6) is 0 Å². The normalized spacial score (nSPS) is 11.6. The van der Waals surface area contributed by atoms with E-state index in [4.69, 9.17) is 4.42 Å². The van der Waals surface area contributed by atoms with Crippen LogP contribution in [0.2, 0.25) is 0 Å². The van der Waals surface area contributed by atoms with Gasteiger partial charge in [-0.3, -0.25) is 0 Å². The molecule has 1 heterocycles. The van der Waals surface area contributed by atoms with Gasteiger partial charge in [0.05, 0.1) is 0 Å². The summed E-state index contributed by atoms with van der Waals surface area (Å²) < 4.78 is 5.57. The van der Waals surface area contributed by atoms with Gasteiger partial charge in [0.15, 0.2) is 0 Å². The molecule has 0 radical (unpaired) electrons. The molecule has 3 heteroatoms. The minimum absolute atomic E-state index is 0.580. The largest absolute Gasteiger partial charge is 0.421 e. The Morgan fingerprint density at radius 2 is 0.541 bits per heavy atom. The van der Waals surface area contributed by atoms with Crippen LogP contribution in [0.15, 0.2) is 259 Å². The topological polar surface area (TPSA) is 38.9 Å². The third kappa shape index (κ3) is 19.2. The van der Waals surface area contributed by atoms with Crippen molar-refractivity contribution in [1.29, 1.82) is 0 Å². The van der Waals surface area contributed by atoms with Crippen LogP contribution in [0.1, 0.15) is 113 Å². The molecule has 0 aliphatic rings. The molecular weight excluding hydrogens is 1030 g/mol. The summed E-state index contributed by atoms with van der Waals surface area (Å²) in [5.74, 6) is 1.16. The highest BCUT2D eigenvalue weighted by atomic mass is 16.4. The Hall–Kier alpha value is -10.2. The molecule has 0 aliphatic heterocycles. The SMILES string of the molecule is Cc1cccc(CCCc2ccc(/C=C/c3ccc(/C=C/c4ccc(/C=C/c5ccccc5)cc4)cc3)cc2)c1.Cc1nnc(-c2cccc(CCCc3ccc(/C=C/c4ccc(/C=C/c5ccc(/C=C/c6ccccc6)cc5)cc4)cc3)c2)o1. The summed E-state index contributed by atoms with van der Waals surface area (Å²) >= 11 is 0. The number of aromatic nitrogens is 2. The first-order valence-corrected chi connectivity index (χ1v) is 29.6. The van der Waals surface area contributed by atoms with Crippen LogP contribution in [0.3, 0.4) is 0 Å². The third-order valence-electron chi connectivity index (χ3n) is 14.8. The highest BCUT2D eigenvalue weighted by Crippen LogP contribution is 2.22. The van der Waals surface area contributed by atoms with Crippen LogP contribution in [0, 0.1) is 13.8 Å². The molecule has 416 valence electrons. The van der Waals surface area contributed by atoms with Crippen LogP contribution in [0.4, 0.5) is 0 Å². The van der Waals surface area contributed by atoms with Gasteiger partial charge in [-0.25, -0.2) is 0 Å². The van der Waals surface area contributed by atoms with E-state index in [1.807, 2.05) is 25.1 Å². The first-order valence-electron chi connectivity index (χ1n) is 29.6. The molecule has 0 aliphatic carbocycles. The van der Waals surface area contributed by atoms with Crippen LogP contribution in [-0.2, 0) is 25.7 Å². The second-order valence-corrected chi connectivity index (χ2v) is 21.5. The van der Waals surface area contributed by atoms with Gasteiger partial charge in [-0.15, -0.1) is 10.2 Å². The lowest BCUT2D eigenvalue weighted by atomic mass is 10.0. The monoisotopic (exact) mass is 1100 g/mol. The van der Waals surface area contributed by atoms with Gasteiger partial charge in [0.1, 0.15) is 0 Å². The summed E-state index contributed by atoms with van der Waals surface area (Å²) in [6.45, 7) is 3.97. The molecule has 0 amide bonds. The van der Waals surface area contributed by atoms with Crippen molar-refractivity contribution in [2.24, 2.45) is 0 Å². The molecule has 0 fully saturated rings. The van der Waals surface area contributed by atoms with Gasteiger partial charge in [0, 0.05) is 12.5 Å². The molecule has 1 aromatic heterocycles. The van der Waals surface area contributed by atoms with Gasteiger partial charge in [-0.1, -0.05) is 321 Å². The van der Waals surface area contributed by atoms with Crippen molar-refractivity contribution in [3.8, 4) is 11.5 Å². The maximum absolute atomic E-state index is 5.57. The van der Waals surface area contributed by atoms with E-state index in [2.05, 4.69) is 327 Å². The molecule has 11 rings (SSSR count). The Balaban J connectivity index is 0.000000190. The van der Waals surface area contributed by atoms with E-state index in [0.29, 0.717) is 11.8 Å². The predicted molar refractivity (Wildman–Crippen MR) is 365 cm³/mol. The first-order chi connectivity index (χ1) is 41.8. The molecule has 0 saturated carbocycles. The van der Waals surface area contributed by atoms with E-state index in [1.54, 1.807) is 0 Å². The Morgan fingerprint density at radius 3 is 0.847 bits per heavy atom. The fourth-order valence-corrected chi connectivity index (χ4v) is 9.88.